The van der Waals surface area contributed by atoms with Crippen molar-refractivity contribution in [3.63, 3.8) is 0 Å². The zero-order chi connectivity index (χ0) is 20.4. The molecular weight excluding hydrogens is 493 g/mol. The Balaban J connectivity index is 0.00000420. The van der Waals surface area contributed by atoms with Crippen molar-refractivity contribution in [1.29, 1.82) is 0 Å². The molecule has 0 saturated carbocycles. The van der Waals surface area contributed by atoms with E-state index < -0.39 is 6.61 Å². The number of ether oxygens (including phenoxy) is 1. The van der Waals surface area contributed by atoms with Crippen LogP contribution in [-0.4, -0.2) is 32.1 Å². The van der Waals surface area contributed by atoms with Crippen LogP contribution in [0.2, 0.25) is 0 Å². The third kappa shape index (κ3) is 9.07. The Kier molecular flexibility index (Phi) is 11.0. The van der Waals surface area contributed by atoms with Crippen molar-refractivity contribution in [2.75, 3.05) is 18.9 Å². The fourth-order valence-electron chi connectivity index (χ4n) is 2.54. The van der Waals surface area contributed by atoms with Crippen molar-refractivity contribution in [3.05, 3.63) is 59.7 Å². The molecule has 3 N–H and O–H groups in total. The fraction of sp³-hybridized carbons (Fsp3) is 0.300. The van der Waals surface area contributed by atoms with Gasteiger partial charge in [-0.25, -0.2) is 0 Å². The van der Waals surface area contributed by atoms with E-state index >= 15 is 0 Å². The summed E-state index contributed by atoms with van der Waals surface area (Å²) in [5, 5.41) is 8.98. The lowest BCUT2D eigenvalue weighted by atomic mass is 10.1. The van der Waals surface area contributed by atoms with Gasteiger partial charge in [0.25, 0.3) is 0 Å². The number of nitrogens with one attached hydrogen (secondary N) is 3. The molecule has 158 valence electrons. The third-order valence-electron chi connectivity index (χ3n) is 3.84. The molecular formula is C20H25F2IN4O2. The summed E-state index contributed by atoms with van der Waals surface area (Å²) >= 11 is 0. The minimum absolute atomic E-state index is 0. The fourth-order valence-corrected chi connectivity index (χ4v) is 2.54. The second-order valence-corrected chi connectivity index (χ2v) is 5.97. The maximum absolute atomic E-state index is 12.5. The molecule has 0 unspecified atom stereocenters. The number of para-hydroxylation sites is 1. The van der Waals surface area contributed by atoms with Crippen molar-refractivity contribution in [3.8, 4) is 5.75 Å². The van der Waals surface area contributed by atoms with Crippen molar-refractivity contribution in [2.45, 2.75) is 26.5 Å². The molecule has 29 heavy (non-hydrogen) atoms. The smallest absolute Gasteiger partial charge is 0.387 e. The summed E-state index contributed by atoms with van der Waals surface area (Å²) in [5.74, 6) is 0.589. The highest BCUT2D eigenvalue weighted by atomic mass is 127. The number of rotatable bonds is 8. The molecule has 9 heteroatoms. The SMILES string of the molecule is CN=C(NCCc1ccc(NC(C)=O)cc1)NCc1ccccc1OC(F)F.I. The summed E-state index contributed by atoms with van der Waals surface area (Å²) in [5.41, 5.74) is 2.47. The van der Waals surface area contributed by atoms with E-state index in [9.17, 15) is 13.6 Å². The van der Waals surface area contributed by atoms with Gasteiger partial charge in [-0.05, 0) is 30.2 Å². The third-order valence-corrected chi connectivity index (χ3v) is 3.84. The van der Waals surface area contributed by atoms with E-state index in [1.807, 2.05) is 24.3 Å². The lowest BCUT2D eigenvalue weighted by Gasteiger charge is -2.14. The summed E-state index contributed by atoms with van der Waals surface area (Å²) in [4.78, 5) is 15.2. The van der Waals surface area contributed by atoms with Crippen LogP contribution in [-0.2, 0) is 17.8 Å². The molecule has 0 radical (unpaired) electrons. The minimum atomic E-state index is -2.87. The Labute approximate surface area is 186 Å². The molecule has 6 nitrogen and oxygen atoms in total. The molecule has 0 fully saturated rings. The van der Waals surface area contributed by atoms with Gasteiger partial charge in [-0.3, -0.25) is 9.79 Å². The van der Waals surface area contributed by atoms with Gasteiger partial charge < -0.3 is 20.7 Å². The molecule has 0 atom stereocenters. The van der Waals surface area contributed by atoms with Crippen molar-refractivity contribution in [2.24, 2.45) is 4.99 Å². The van der Waals surface area contributed by atoms with E-state index in [0.29, 0.717) is 24.6 Å². The maximum atomic E-state index is 12.5. The van der Waals surface area contributed by atoms with Gasteiger partial charge in [0.1, 0.15) is 5.75 Å². The normalized spacial score (nSPS) is 10.9. The Morgan fingerprint density at radius 2 is 1.79 bits per heavy atom. The van der Waals surface area contributed by atoms with Crippen LogP contribution in [0.1, 0.15) is 18.1 Å². The average Bonchev–Trinajstić information content (AvgIpc) is 2.66. The first-order valence-electron chi connectivity index (χ1n) is 8.81. The van der Waals surface area contributed by atoms with Crippen molar-refractivity contribution >= 4 is 41.5 Å². The number of anilines is 1. The van der Waals surface area contributed by atoms with Gasteiger partial charge in [0, 0.05) is 38.3 Å². The maximum Gasteiger partial charge on any atom is 0.387 e. The highest BCUT2D eigenvalue weighted by Crippen LogP contribution is 2.19. The van der Waals surface area contributed by atoms with Crippen LogP contribution < -0.4 is 20.7 Å². The molecule has 0 aromatic heterocycles. The number of halogens is 3. The molecule has 0 bridgehead atoms. The number of amides is 1. The topological polar surface area (TPSA) is 74.8 Å². The number of aliphatic imine (C=N–C) groups is 1. The van der Waals surface area contributed by atoms with E-state index in [1.54, 1.807) is 25.2 Å². The Morgan fingerprint density at radius 3 is 2.41 bits per heavy atom. The molecule has 2 aromatic carbocycles. The van der Waals surface area contributed by atoms with E-state index in [1.165, 1.54) is 13.0 Å². The summed E-state index contributed by atoms with van der Waals surface area (Å²) in [7, 11) is 1.64. The summed E-state index contributed by atoms with van der Waals surface area (Å²) in [6.45, 7) is -0.466. The zero-order valence-corrected chi connectivity index (χ0v) is 18.6. The van der Waals surface area contributed by atoms with Crippen LogP contribution in [0.25, 0.3) is 0 Å². The van der Waals surface area contributed by atoms with E-state index in [4.69, 9.17) is 0 Å². The number of hydrogen-bond donors (Lipinski definition) is 3. The largest absolute Gasteiger partial charge is 0.434 e. The van der Waals surface area contributed by atoms with Gasteiger partial charge in [-0.2, -0.15) is 8.78 Å². The van der Waals surface area contributed by atoms with Crippen LogP contribution in [0.4, 0.5) is 14.5 Å². The molecule has 1 amide bonds. The monoisotopic (exact) mass is 518 g/mol. The second-order valence-electron chi connectivity index (χ2n) is 5.97. The molecule has 0 spiro atoms. The Hall–Kier alpha value is -2.43. The van der Waals surface area contributed by atoms with E-state index in [-0.39, 0.29) is 35.6 Å². The molecule has 0 aliphatic carbocycles. The predicted molar refractivity (Wildman–Crippen MR) is 121 cm³/mol. The average molecular weight is 518 g/mol. The van der Waals surface area contributed by atoms with Crippen LogP contribution in [0.3, 0.4) is 0 Å². The first-order valence-corrected chi connectivity index (χ1v) is 8.81. The van der Waals surface area contributed by atoms with Crippen LogP contribution in [0.5, 0.6) is 5.75 Å². The van der Waals surface area contributed by atoms with Gasteiger partial charge >= 0.3 is 6.61 Å². The van der Waals surface area contributed by atoms with Crippen LogP contribution in [0.15, 0.2) is 53.5 Å². The number of benzene rings is 2. The molecule has 2 rings (SSSR count). The van der Waals surface area contributed by atoms with Gasteiger partial charge in [0.15, 0.2) is 5.96 Å². The Bertz CT molecular complexity index is 801. The van der Waals surface area contributed by atoms with Crippen molar-refractivity contribution in [1.82, 2.24) is 10.6 Å². The molecule has 0 aliphatic rings. The molecule has 0 saturated heterocycles. The first kappa shape index (κ1) is 24.6. The van der Waals surface area contributed by atoms with Crippen LogP contribution >= 0.6 is 24.0 Å². The first-order chi connectivity index (χ1) is 13.5. The standard InChI is InChI=1S/C20H24F2N4O2.HI/c1-14(27)26-17-9-7-15(8-10-17)11-12-24-20(23-2)25-13-16-5-3-4-6-18(16)28-19(21)22;/h3-10,19H,11-13H2,1-2H3,(H,26,27)(H2,23,24,25);1H. The Morgan fingerprint density at radius 1 is 1.10 bits per heavy atom. The lowest BCUT2D eigenvalue weighted by Crippen LogP contribution is -2.37. The highest BCUT2D eigenvalue weighted by molar-refractivity contribution is 14.0. The van der Waals surface area contributed by atoms with Crippen molar-refractivity contribution < 1.29 is 18.3 Å². The van der Waals surface area contributed by atoms with Gasteiger partial charge in [0.05, 0.1) is 0 Å². The van der Waals surface area contributed by atoms with Gasteiger partial charge in [-0.15, -0.1) is 24.0 Å². The summed E-state index contributed by atoms with van der Waals surface area (Å²) in [6.07, 6.45) is 0.756. The minimum Gasteiger partial charge on any atom is -0.434 e. The van der Waals surface area contributed by atoms with Gasteiger partial charge in [0.2, 0.25) is 5.91 Å². The number of guanidine groups is 1. The molecule has 2 aromatic rings. The van der Waals surface area contributed by atoms with E-state index in [2.05, 4.69) is 25.7 Å². The molecule has 0 aliphatic heterocycles. The lowest BCUT2D eigenvalue weighted by molar-refractivity contribution is -0.114. The predicted octanol–water partition coefficient (Wildman–Crippen LogP) is 3.77. The van der Waals surface area contributed by atoms with Gasteiger partial charge in [-0.1, -0.05) is 30.3 Å². The number of alkyl halides is 2. The number of carbonyl (C=O) groups is 1. The quantitative estimate of drug-likeness (QED) is 0.283. The van der Waals surface area contributed by atoms with Crippen LogP contribution in [0, 0.1) is 0 Å². The molecule has 0 heterocycles. The number of carbonyl (C=O) groups excluding carboxylic acids is 1. The summed E-state index contributed by atoms with van der Waals surface area (Å²) < 4.78 is 29.5. The highest BCUT2D eigenvalue weighted by Gasteiger charge is 2.09. The zero-order valence-electron chi connectivity index (χ0n) is 16.2. The second kappa shape index (κ2) is 12.9. The summed E-state index contributed by atoms with van der Waals surface area (Å²) in [6, 6.07) is 14.2. The number of hydrogen-bond acceptors (Lipinski definition) is 3. The number of nitrogens with zero attached hydrogens (tertiary/aromatic N) is 1. The van der Waals surface area contributed by atoms with E-state index in [0.717, 1.165) is 17.7 Å².